The van der Waals surface area contributed by atoms with Gasteiger partial charge in [-0.05, 0) is 48.3 Å². The van der Waals surface area contributed by atoms with Gasteiger partial charge in [0.2, 0.25) is 15.9 Å². The van der Waals surface area contributed by atoms with E-state index < -0.39 is 39.3 Å². The molecule has 32 heavy (non-hydrogen) atoms. The third-order valence-corrected chi connectivity index (χ3v) is 6.41. The molecule has 1 amide bonds. The molecule has 0 spiro atoms. The Bertz CT molecular complexity index is 1020. The molecule has 0 aliphatic heterocycles. The minimum atomic E-state index is -4.29. The number of ether oxygens (including phenoxy) is 2. The van der Waals surface area contributed by atoms with E-state index in [2.05, 4.69) is 14.8 Å². The summed E-state index contributed by atoms with van der Waals surface area (Å²) >= 11 is 1.41. The number of methoxy groups -OCH3 is 1. The van der Waals surface area contributed by atoms with Crippen LogP contribution in [0.5, 0.6) is 11.5 Å². The lowest BCUT2D eigenvalue weighted by molar-refractivity contribution is -0.122. The lowest BCUT2D eigenvalue weighted by Crippen LogP contribution is -2.46. The Balaban J connectivity index is 2.14. The molecule has 0 radical (unpaired) electrons. The standard InChI is InChI=1S/C20H23F3N2O5S2/c1-29-16-8-7-13(11-17(16)30-20(22)23)12-24-19(26)15(9-10-31-2)25-32(27,28)18-6-4-3-5-14(18)21/h3-8,11,15,20,25H,9-10,12H2,1-2H3,(H,24,26). The van der Waals surface area contributed by atoms with Crippen LogP contribution in [0.1, 0.15) is 12.0 Å². The molecule has 0 aliphatic rings. The summed E-state index contributed by atoms with van der Waals surface area (Å²) in [6.07, 6.45) is 1.95. The van der Waals surface area contributed by atoms with E-state index in [9.17, 15) is 26.4 Å². The second kappa shape index (κ2) is 12.0. The van der Waals surface area contributed by atoms with Crippen LogP contribution in [0, 0.1) is 5.82 Å². The van der Waals surface area contributed by atoms with Crippen LogP contribution in [0.25, 0.3) is 0 Å². The van der Waals surface area contributed by atoms with Gasteiger partial charge >= 0.3 is 6.61 Å². The Morgan fingerprint density at radius 1 is 1.16 bits per heavy atom. The molecule has 0 saturated carbocycles. The van der Waals surface area contributed by atoms with Gasteiger partial charge in [0.05, 0.1) is 7.11 Å². The number of nitrogens with one attached hydrogen (secondary N) is 2. The molecule has 0 bridgehead atoms. The molecule has 0 aliphatic carbocycles. The molecule has 2 N–H and O–H groups in total. The first-order chi connectivity index (χ1) is 15.2. The highest BCUT2D eigenvalue weighted by atomic mass is 32.2. The average molecular weight is 493 g/mol. The predicted molar refractivity (Wildman–Crippen MR) is 115 cm³/mol. The maximum Gasteiger partial charge on any atom is 0.387 e. The van der Waals surface area contributed by atoms with Crippen molar-refractivity contribution in [2.75, 3.05) is 19.1 Å². The number of hydrogen-bond acceptors (Lipinski definition) is 6. The van der Waals surface area contributed by atoms with Gasteiger partial charge in [-0.25, -0.2) is 12.8 Å². The first kappa shape index (κ1) is 25.8. The van der Waals surface area contributed by atoms with Gasteiger partial charge in [-0.3, -0.25) is 4.79 Å². The second-order valence-corrected chi connectivity index (χ2v) is 9.14. The van der Waals surface area contributed by atoms with Crippen LogP contribution in [0.15, 0.2) is 47.4 Å². The average Bonchev–Trinajstić information content (AvgIpc) is 2.74. The van der Waals surface area contributed by atoms with Crippen molar-refractivity contribution in [3.05, 3.63) is 53.8 Å². The van der Waals surface area contributed by atoms with Crippen molar-refractivity contribution in [1.82, 2.24) is 10.0 Å². The van der Waals surface area contributed by atoms with Gasteiger partial charge < -0.3 is 14.8 Å². The van der Waals surface area contributed by atoms with E-state index in [4.69, 9.17) is 4.74 Å². The number of amides is 1. The minimum absolute atomic E-state index is 0.0837. The number of benzene rings is 2. The number of alkyl halides is 2. The summed E-state index contributed by atoms with van der Waals surface area (Å²) in [6.45, 7) is -3.14. The summed E-state index contributed by atoms with van der Waals surface area (Å²) in [5.41, 5.74) is 0.426. The molecular weight excluding hydrogens is 469 g/mol. The Hall–Kier alpha value is -2.44. The fourth-order valence-corrected chi connectivity index (χ4v) is 4.50. The third-order valence-electron chi connectivity index (χ3n) is 4.26. The Morgan fingerprint density at radius 3 is 2.50 bits per heavy atom. The fourth-order valence-electron chi connectivity index (χ4n) is 2.72. The van der Waals surface area contributed by atoms with E-state index in [1.807, 2.05) is 0 Å². The van der Waals surface area contributed by atoms with Gasteiger partial charge in [0.15, 0.2) is 11.5 Å². The molecule has 0 heterocycles. The van der Waals surface area contributed by atoms with Crippen LogP contribution in [-0.2, 0) is 21.4 Å². The van der Waals surface area contributed by atoms with E-state index in [-0.39, 0.29) is 24.5 Å². The van der Waals surface area contributed by atoms with Crippen LogP contribution < -0.4 is 19.5 Å². The van der Waals surface area contributed by atoms with Gasteiger partial charge in [-0.1, -0.05) is 18.2 Å². The summed E-state index contributed by atoms with van der Waals surface area (Å²) in [5, 5.41) is 2.56. The van der Waals surface area contributed by atoms with E-state index in [1.54, 1.807) is 6.26 Å². The number of carbonyl (C=O) groups is 1. The van der Waals surface area contributed by atoms with Gasteiger partial charge in [0.25, 0.3) is 0 Å². The third kappa shape index (κ3) is 7.31. The molecule has 0 saturated heterocycles. The van der Waals surface area contributed by atoms with Gasteiger partial charge in [0.1, 0.15) is 16.8 Å². The normalized spacial score (nSPS) is 12.4. The summed E-state index contributed by atoms with van der Waals surface area (Å²) < 4.78 is 75.9. The topological polar surface area (TPSA) is 93.7 Å². The number of hydrogen-bond donors (Lipinski definition) is 2. The SMILES string of the molecule is COc1ccc(CNC(=O)C(CCSC)NS(=O)(=O)c2ccccc2F)cc1OC(F)F. The van der Waals surface area contributed by atoms with Crippen molar-refractivity contribution in [3.63, 3.8) is 0 Å². The summed E-state index contributed by atoms with van der Waals surface area (Å²) in [6, 6.07) is 7.90. The minimum Gasteiger partial charge on any atom is -0.493 e. The van der Waals surface area contributed by atoms with E-state index in [1.165, 1.54) is 49.2 Å². The number of carbonyl (C=O) groups excluding carboxylic acids is 1. The van der Waals surface area contributed by atoms with Crippen molar-refractivity contribution in [2.24, 2.45) is 0 Å². The van der Waals surface area contributed by atoms with Gasteiger partial charge in [0, 0.05) is 6.54 Å². The van der Waals surface area contributed by atoms with Crippen LogP contribution >= 0.6 is 11.8 Å². The second-order valence-electron chi connectivity index (χ2n) is 6.47. The van der Waals surface area contributed by atoms with Gasteiger partial charge in [-0.15, -0.1) is 0 Å². The zero-order valence-electron chi connectivity index (χ0n) is 17.3. The summed E-state index contributed by atoms with van der Waals surface area (Å²) in [4.78, 5) is 12.1. The molecule has 0 aromatic heterocycles. The molecular formula is C20H23F3N2O5S2. The smallest absolute Gasteiger partial charge is 0.387 e. The highest BCUT2D eigenvalue weighted by Gasteiger charge is 2.27. The van der Waals surface area contributed by atoms with Crippen LogP contribution in [0.2, 0.25) is 0 Å². The Kier molecular flexibility index (Phi) is 9.66. The fraction of sp³-hybridized carbons (Fsp3) is 0.350. The number of thioether (sulfide) groups is 1. The van der Waals surface area contributed by atoms with Crippen molar-refractivity contribution >= 4 is 27.7 Å². The molecule has 2 rings (SSSR count). The van der Waals surface area contributed by atoms with E-state index >= 15 is 0 Å². The quantitative estimate of drug-likeness (QED) is 0.473. The lowest BCUT2D eigenvalue weighted by Gasteiger charge is -2.19. The molecule has 7 nitrogen and oxygen atoms in total. The van der Waals surface area contributed by atoms with Crippen molar-refractivity contribution in [1.29, 1.82) is 0 Å². The molecule has 176 valence electrons. The molecule has 2 aromatic carbocycles. The molecule has 2 aromatic rings. The van der Waals surface area contributed by atoms with Gasteiger partial charge in [-0.2, -0.15) is 25.3 Å². The zero-order chi connectivity index (χ0) is 23.7. The number of rotatable bonds is 12. The monoisotopic (exact) mass is 492 g/mol. The Morgan fingerprint density at radius 2 is 1.88 bits per heavy atom. The zero-order valence-corrected chi connectivity index (χ0v) is 18.9. The first-order valence-corrected chi connectivity index (χ1v) is 12.2. The largest absolute Gasteiger partial charge is 0.493 e. The summed E-state index contributed by atoms with van der Waals surface area (Å²) in [5.74, 6) is -1.23. The first-order valence-electron chi connectivity index (χ1n) is 9.33. The highest BCUT2D eigenvalue weighted by Crippen LogP contribution is 2.29. The molecule has 1 atom stereocenters. The summed E-state index contributed by atoms with van der Waals surface area (Å²) in [7, 11) is -2.99. The number of sulfonamides is 1. The molecule has 12 heteroatoms. The van der Waals surface area contributed by atoms with E-state index in [0.29, 0.717) is 11.3 Å². The lowest BCUT2D eigenvalue weighted by atomic mass is 10.2. The van der Waals surface area contributed by atoms with Crippen molar-refractivity contribution in [3.8, 4) is 11.5 Å². The maximum atomic E-state index is 13.9. The van der Waals surface area contributed by atoms with Crippen molar-refractivity contribution < 1.29 is 35.9 Å². The van der Waals surface area contributed by atoms with Crippen LogP contribution in [0.4, 0.5) is 13.2 Å². The predicted octanol–water partition coefficient (Wildman–Crippen LogP) is 3.15. The van der Waals surface area contributed by atoms with Crippen LogP contribution in [0.3, 0.4) is 0 Å². The highest BCUT2D eigenvalue weighted by molar-refractivity contribution is 7.98. The van der Waals surface area contributed by atoms with Crippen LogP contribution in [-0.4, -0.2) is 46.1 Å². The number of halogens is 3. The Labute approximate surface area is 188 Å². The van der Waals surface area contributed by atoms with E-state index in [0.717, 1.165) is 12.1 Å². The molecule has 0 fully saturated rings. The van der Waals surface area contributed by atoms with Crippen molar-refractivity contribution in [2.45, 2.75) is 30.5 Å². The molecule has 1 unspecified atom stereocenters. The maximum absolute atomic E-state index is 13.9.